The van der Waals surface area contributed by atoms with Crippen molar-refractivity contribution in [1.82, 2.24) is 0 Å². The van der Waals surface area contributed by atoms with E-state index in [0.29, 0.717) is 10.9 Å². The van der Waals surface area contributed by atoms with E-state index in [1.54, 1.807) is 0 Å². The molecule has 0 aromatic rings. The Balaban J connectivity index is 0. The van der Waals surface area contributed by atoms with Crippen molar-refractivity contribution >= 4 is 21.9 Å². The molecule has 0 atom stereocenters. The Morgan fingerprint density at radius 1 is 1.60 bits per heavy atom. The number of hydrogen-bond donors (Lipinski definition) is 0. The number of carbonyl (C=O) groups is 1. The number of alkyl halides is 1. The number of ether oxygens (including phenoxy) is 1. The van der Waals surface area contributed by atoms with E-state index in [1.165, 1.54) is 7.11 Å². The highest BCUT2D eigenvalue weighted by Crippen LogP contribution is 1.96. The number of halogens is 1. The van der Waals surface area contributed by atoms with Gasteiger partial charge in [-0.25, -0.2) is 4.79 Å². The smallest absolute Gasteiger partial charge is 0.333 e. The van der Waals surface area contributed by atoms with E-state index in [2.05, 4.69) is 27.2 Å². The molecule has 2 nitrogen and oxygen atoms in total. The number of methoxy groups -OCH3 is 1. The second-order valence-electron chi connectivity index (χ2n) is 1.23. The molecular formula is C7H13BrO2. The Hall–Kier alpha value is -0.310. The predicted octanol–water partition coefficient (Wildman–Crippen LogP) is 2.14. The van der Waals surface area contributed by atoms with E-state index < -0.39 is 0 Å². The van der Waals surface area contributed by atoms with Crippen molar-refractivity contribution in [2.75, 3.05) is 12.4 Å². The average Bonchev–Trinajstić information content (AvgIpc) is 2.05. The average molecular weight is 209 g/mol. The maximum atomic E-state index is 10.4. The monoisotopic (exact) mass is 208 g/mol. The zero-order valence-corrected chi connectivity index (χ0v) is 8.19. The first-order chi connectivity index (χ1) is 4.72. The normalized spacial score (nSPS) is 7.20. The third-order valence-corrected chi connectivity index (χ3v) is 1.31. The van der Waals surface area contributed by atoms with E-state index in [-0.39, 0.29) is 5.97 Å². The minimum absolute atomic E-state index is 0.359. The fraction of sp³-hybridized carbons (Fsp3) is 0.571. The van der Waals surface area contributed by atoms with Gasteiger partial charge in [0.15, 0.2) is 0 Å². The molecular weight excluding hydrogens is 196 g/mol. The van der Waals surface area contributed by atoms with Crippen LogP contribution < -0.4 is 0 Å². The third kappa shape index (κ3) is 5.82. The van der Waals surface area contributed by atoms with E-state index in [1.807, 2.05) is 13.8 Å². The minimum atomic E-state index is -0.359. The summed E-state index contributed by atoms with van der Waals surface area (Å²) < 4.78 is 4.33. The first kappa shape index (κ1) is 12.4. The topological polar surface area (TPSA) is 26.3 Å². The molecule has 0 aliphatic heterocycles. The van der Waals surface area contributed by atoms with Crippen LogP contribution in [0.5, 0.6) is 0 Å². The van der Waals surface area contributed by atoms with Gasteiger partial charge in [0.25, 0.3) is 0 Å². The first-order valence-corrected chi connectivity index (χ1v) is 4.16. The largest absolute Gasteiger partial charge is 0.466 e. The molecule has 0 aromatic heterocycles. The number of carbonyl (C=O) groups excluding carboxylic acids is 1. The molecule has 0 rings (SSSR count). The molecule has 60 valence electrons. The summed E-state index contributed by atoms with van der Waals surface area (Å²) in [6.07, 6.45) is 0. The van der Waals surface area contributed by atoms with Crippen molar-refractivity contribution < 1.29 is 9.53 Å². The van der Waals surface area contributed by atoms with Gasteiger partial charge < -0.3 is 4.74 Å². The van der Waals surface area contributed by atoms with Gasteiger partial charge in [0.2, 0.25) is 0 Å². The van der Waals surface area contributed by atoms with Crippen molar-refractivity contribution in [3.8, 4) is 0 Å². The zero-order valence-electron chi connectivity index (χ0n) is 6.61. The molecule has 0 N–H and O–H groups in total. The Labute approximate surface area is 70.4 Å². The van der Waals surface area contributed by atoms with E-state index >= 15 is 0 Å². The summed E-state index contributed by atoms with van der Waals surface area (Å²) in [7, 11) is 1.33. The highest BCUT2D eigenvalue weighted by Gasteiger charge is 2.01. The number of hydrogen-bond acceptors (Lipinski definition) is 2. The highest BCUT2D eigenvalue weighted by atomic mass is 79.9. The van der Waals surface area contributed by atoms with Crippen LogP contribution in [0.3, 0.4) is 0 Å². The van der Waals surface area contributed by atoms with Crippen LogP contribution in [0.2, 0.25) is 0 Å². The van der Waals surface area contributed by atoms with E-state index in [0.717, 1.165) is 0 Å². The lowest BCUT2D eigenvalue weighted by Crippen LogP contribution is -2.03. The molecule has 0 bridgehead atoms. The van der Waals surface area contributed by atoms with Crippen molar-refractivity contribution in [2.24, 2.45) is 0 Å². The summed E-state index contributed by atoms with van der Waals surface area (Å²) in [6, 6.07) is 0. The zero-order chi connectivity index (χ0) is 8.57. The number of rotatable bonds is 2. The second-order valence-corrected chi connectivity index (χ2v) is 1.79. The lowest BCUT2D eigenvalue weighted by atomic mass is 10.4. The fourth-order valence-corrected chi connectivity index (χ4v) is 0.428. The van der Waals surface area contributed by atoms with Crippen molar-refractivity contribution in [2.45, 2.75) is 13.8 Å². The van der Waals surface area contributed by atoms with Crippen LogP contribution in [0.25, 0.3) is 0 Å². The summed E-state index contributed by atoms with van der Waals surface area (Å²) in [5.74, 6) is -0.359. The van der Waals surface area contributed by atoms with Crippen LogP contribution in [0.15, 0.2) is 12.2 Å². The van der Waals surface area contributed by atoms with Gasteiger partial charge in [-0.05, 0) is 0 Å². The Kier molecular flexibility index (Phi) is 10.8. The number of esters is 1. The molecule has 0 heterocycles. The van der Waals surface area contributed by atoms with Gasteiger partial charge in [-0.15, -0.1) is 0 Å². The van der Waals surface area contributed by atoms with Gasteiger partial charge in [-0.3, -0.25) is 0 Å². The fourth-order valence-electron chi connectivity index (χ4n) is 0.199. The lowest BCUT2D eigenvalue weighted by Gasteiger charge is -1.95. The Bertz CT molecular complexity index is 96.2. The molecule has 3 heteroatoms. The van der Waals surface area contributed by atoms with Gasteiger partial charge in [-0.1, -0.05) is 36.4 Å². The molecule has 10 heavy (non-hydrogen) atoms. The summed E-state index contributed by atoms with van der Waals surface area (Å²) in [5, 5.41) is 0.472. The van der Waals surface area contributed by atoms with Gasteiger partial charge in [0.1, 0.15) is 0 Å². The molecule has 0 aliphatic carbocycles. The van der Waals surface area contributed by atoms with Crippen LogP contribution in [0.4, 0.5) is 0 Å². The molecule has 0 unspecified atom stereocenters. The van der Waals surface area contributed by atoms with Crippen LogP contribution in [0, 0.1) is 0 Å². The van der Waals surface area contributed by atoms with Gasteiger partial charge >= 0.3 is 5.97 Å². The molecule has 0 saturated heterocycles. The molecule has 0 amide bonds. The van der Waals surface area contributed by atoms with Crippen molar-refractivity contribution in [1.29, 1.82) is 0 Å². The van der Waals surface area contributed by atoms with Gasteiger partial charge in [-0.2, -0.15) is 0 Å². The van der Waals surface area contributed by atoms with Crippen LogP contribution >= 0.6 is 15.9 Å². The molecule has 0 saturated carbocycles. The quantitative estimate of drug-likeness (QED) is 0.395. The van der Waals surface area contributed by atoms with Gasteiger partial charge in [0.05, 0.1) is 7.11 Å². The van der Waals surface area contributed by atoms with E-state index in [9.17, 15) is 4.79 Å². The Morgan fingerprint density at radius 2 is 2.00 bits per heavy atom. The summed E-state index contributed by atoms with van der Waals surface area (Å²) in [4.78, 5) is 10.4. The summed E-state index contributed by atoms with van der Waals surface area (Å²) in [6.45, 7) is 7.42. The van der Waals surface area contributed by atoms with Crippen LogP contribution in [0.1, 0.15) is 13.8 Å². The minimum Gasteiger partial charge on any atom is -0.466 e. The second kappa shape index (κ2) is 8.69. The molecule has 0 aromatic carbocycles. The predicted molar refractivity (Wildman–Crippen MR) is 46.3 cm³/mol. The molecule has 0 radical (unpaired) electrons. The SMILES string of the molecule is C=C(CBr)C(=O)OC.CC. The summed E-state index contributed by atoms with van der Waals surface area (Å²) in [5.41, 5.74) is 0.438. The molecule has 0 spiro atoms. The van der Waals surface area contributed by atoms with Crippen molar-refractivity contribution in [3.05, 3.63) is 12.2 Å². The van der Waals surface area contributed by atoms with Crippen LogP contribution in [-0.2, 0) is 9.53 Å². The van der Waals surface area contributed by atoms with Gasteiger partial charge in [0, 0.05) is 10.9 Å². The maximum absolute atomic E-state index is 10.4. The highest BCUT2D eigenvalue weighted by molar-refractivity contribution is 9.09. The van der Waals surface area contributed by atoms with E-state index in [4.69, 9.17) is 0 Å². The van der Waals surface area contributed by atoms with Crippen molar-refractivity contribution in [3.63, 3.8) is 0 Å². The lowest BCUT2D eigenvalue weighted by molar-refractivity contribution is -0.135. The van der Waals surface area contributed by atoms with Crippen LogP contribution in [-0.4, -0.2) is 18.4 Å². The first-order valence-electron chi connectivity index (χ1n) is 3.04. The standard InChI is InChI=1S/C5H7BrO2.C2H6/c1-4(3-6)5(7)8-2;1-2/h1,3H2,2H3;1-2H3. The maximum Gasteiger partial charge on any atom is 0.333 e. The Morgan fingerprint density at radius 3 is 2.10 bits per heavy atom. The summed E-state index contributed by atoms with van der Waals surface area (Å²) >= 11 is 3.06. The third-order valence-electron chi connectivity index (χ3n) is 0.635. The molecule has 0 fully saturated rings. The molecule has 0 aliphatic rings.